The summed E-state index contributed by atoms with van der Waals surface area (Å²) in [5.74, 6) is 1.72. The Morgan fingerprint density at radius 1 is 0.280 bits per heavy atom. The van der Waals surface area contributed by atoms with Crippen molar-refractivity contribution in [2.24, 2.45) is 0 Å². The Morgan fingerprint density at radius 2 is 0.747 bits per heavy atom. The SMILES string of the molecule is c1ccc(-c2ccc(-c3ccccc3)c(-n3c4ccccc4c4ccc5c6ccccc6n(-c6nc(-c7ccccc7)nc(-c7ccc8c(c7)C(c7ccccc7)(c7ccccc7)c7ccccc7-8)n6)c5c43)c2)cc1. The molecule has 0 unspecified atom stereocenters. The zero-order valence-electron chi connectivity index (χ0n) is 40.7. The molecule has 0 atom stereocenters. The second-order valence-electron chi connectivity index (χ2n) is 19.5. The minimum absolute atomic E-state index is 0.539. The summed E-state index contributed by atoms with van der Waals surface area (Å²) in [4.78, 5) is 16.6. The first-order valence-electron chi connectivity index (χ1n) is 25.6. The molecule has 14 aromatic rings. The minimum Gasteiger partial charge on any atom is -0.307 e. The number of benzene rings is 11. The number of aromatic nitrogens is 5. The fourth-order valence-corrected chi connectivity index (χ4v) is 12.2. The first-order chi connectivity index (χ1) is 37.2. The summed E-state index contributed by atoms with van der Waals surface area (Å²) < 4.78 is 4.78. The van der Waals surface area contributed by atoms with Gasteiger partial charge in [0.15, 0.2) is 11.6 Å². The maximum Gasteiger partial charge on any atom is 0.238 e. The Labute approximate surface area is 434 Å². The highest BCUT2D eigenvalue weighted by atomic mass is 15.2. The van der Waals surface area contributed by atoms with E-state index in [2.05, 4.69) is 276 Å². The number of rotatable bonds is 8. The predicted molar refractivity (Wildman–Crippen MR) is 308 cm³/mol. The molecule has 0 amide bonds. The number of hydrogen-bond donors (Lipinski definition) is 0. The molecule has 1 aliphatic carbocycles. The van der Waals surface area contributed by atoms with Gasteiger partial charge in [-0.25, -0.2) is 4.98 Å². The lowest BCUT2D eigenvalue weighted by atomic mass is 9.67. The summed E-state index contributed by atoms with van der Waals surface area (Å²) in [5.41, 5.74) is 18.3. The van der Waals surface area contributed by atoms with Crippen molar-refractivity contribution in [3.05, 3.63) is 295 Å². The van der Waals surface area contributed by atoms with E-state index in [0.717, 1.165) is 82.7 Å². The lowest BCUT2D eigenvalue weighted by Gasteiger charge is -2.34. The van der Waals surface area contributed by atoms with Gasteiger partial charge in [0.1, 0.15) is 0 Å². The predicted octanol–water partition coefficient (Wildman–Crippen LogP) is 17.1. The maximum absolute atomic E-state index is 5.65. The Kier molecular flexibility index (Phi) is 9.72. The topological polar surface area (TPSA) is 48.5 Å². The van der Waals surface area contributed by atoms with Crippen LogP contribution in [-0.4, -0.2) is 24.1 Å². The fourth-order valence-electron chi connectivity index (χ4n) is 12.2. The molecule has 0 N–H and O–H groups in total. The molecule has 3 heterocycles. The van der Waals surface area contributed by atoms with Crippen molar-refractivity contribution in [3.63, 3.8) is 0 Å². The monoisotopic (exact) mass is 955 g/mol. The molecular weight excluding hydrogens is 911 g/mol. The molecule has 15 rings (SSSR count). The molecule has 0 spiro atoms. The van der Waals surface area contributed by atoms with E-state index in [0.29, 0.717) is 17.6 Å². The molecular formula is C70H45N5. The quantitative estimate of drug-likeness (QED) is 0.152. The van der Waals surface area contributed by atoms with E-state index in [9.17, 15) is 0 Å². The van der Waals surface area contributed by atoms with Gasteiger partial charge < -0.3 is 4.57 Å². The van der Waals surface area contributed by atoms with Crippen LogP contribution in [0.5, 0.6) is 0 Å². The molecule has 0 bridgehead atoms. The number of fused-ring (bicyclic) bond motifs is 10. The van der Waals surface area contributed by atoms with E-state index in [4.69, 9.17) is 15.0 Å². The second kappa shape index (κ2) is 17.1. The largest absolute Gasteiger partial charge is 0.307 e. The molecule has 0 saturated carbocycles. The van der Waals surface area contributed by atoms with Gasteiger partial charge >= 0.3 is 0 Å². The average Bonchev–Trinajstić information content (AvgIpc) is 4.23. The molecule has 75 heavy (non-hydrogen) atoms. The molecule has 350 valence electrons. The zero-order chi connectivity index (χ0) is 49.5. The first kappa shape index (κ1) is 42.7. The van der Waals surface area contributed by atoms with E-state index in [1.807, 2.05) is 6.07 Å². The molecule has 0 fully saturated rings. The lowest BCUT2D eigenvalue weighted by molar-refractivity contribution is 0.768. The van der Waals surface area contributed by atoms with Crippen LogP contribution in [0.3, 0.4) is 0 Å². The summed E-state index contributed by atoms with van der Waals surface area (Å²) in [6, 6.07) is 98.3. The van der Waals surface area contributed by atoms with E-state index in [-0.39, 0.29) is 0 Å². The van der Waals surface area contributed by atoms with Crippen LogP contribution in [0, 0.1) is 0 Å². The Balaban J connectivity index is 1.04. The summed E-state index contributed by atoms with van der Waals surface area (Å²) in [7, 11) is 0. The second-order valence-corrected chi connectivity index (χ2v) is 19.5. The number of hydrogen-bond acceptors (Lipinski definition) is 3. The minimum atomic E-state index is -0.592. The Morgan fingerprint density at radius 3 is 1.39 bits per heavy atom. The van der Waals surface area contributed by atoms with Crippen molar-refractivity contribution in [2.45, 2.75) is 5.41 Å². The maximum atomic E-state index is 5.65. The zero-order valence-corrected chi connectivity index (χ0v) is 40.7. The van der Waals surface area contributed by atoms with Crippen molar-refractivity contribution in [1.29, 1.82) is 0 Å². The van der Waals surface area contributed by atoms with Gasteiger partial charge in [0.25, 0.3) is 0 Å². The molecule has 1 aliphatic rings. The molecule has 0 aliphatic heterocycles. The third kappa shape index (κ3) is 6.54. The van der Waals surface area contributed by atoms with Crippen LogP contribution in [0.25, 0.3) is 111 Å². The highest BCUT2D eigenvalue weighted by molar-refractivity contribution is 6.24. The smallest absolute Gasteiger partial charge is 0.238 e. The molecule has 0 radical (unpaired) electrons. The van der Waals surface area contributed by atoms with E-state index < -0.39 is 5.41 Å². The average molecular weight is 956 g/mol. The van der Waals surface area contributed by atoms with Crippen molar-refractivity contribution in [3.8, 4) is 67.8 Å². The summed E-state index contributed by atoms with van der Waals surface area (Å²) in [5, 5.41) is 4.52. The summed E-state index contributed by atoms with van der Waals surface area (Å²) >= 11 is 0. The van der Waals surface area contributed by atoms with Crippen molar-refractivity contribution in [1.82, 2.24) is 24.1 Å². The van der Waals surface area contributed by atoms with Crippen LogP contribution in [0.2, 0.25) is 0 Å². The molecule has 5 nitrogen and oxygen atoms in total. The van der Waals surface area contributed by atoms with Gasteiger partial charge in [-0.05, 0) is 74.3 Å². The highest BCUT2D eigenvalue weighted by Gasteiger charge is 2.46. The third-order valence-electron chi connectivity index (χ3n) is 15.5. The number of nitrogens with zero attached hydrogens (tertiary/aromatic N) is 5. The summed E-state index contributed by atoms with van der Waals surface area (Å²) in [6.07, 6.45) is 0. The molecule has 11 aromatic carbocycles. The highest BCUT2D eigenvalue weighted by Crippen LogP contribution is 2.57. The van der Waals surface area contributed by atoms with E-state index in [1.54, 1.807) is 0 Å². The molecule has 0 saturated heterocycles. The Bertz CT molecular complexity index is 4460. The van der Waals surface area contributed by atoms with Crippen LogP contribution in [0.15, 0.2) is 273 Å². The van der Waals surface area contributed by atoms with Gasteiger partial charge in [-0.3, -0.25) is 4.57 Å². The van der Waals surface area contributed by atoms with Crippen LogP contribution >= 0.6 is 0 Å². The van der Waals surface area contributed by atoms with Gasteiger partial charge in [-0.2, -0.15) is 9.97 Å². The van der Waals surface area contributed by atoms with Crippen molar-refractivity contribution < 1.29 is 0 Å². The van der Waals surface area contributed by atoms with Gasteiger partial charge in [-0.15, -0.1) is 0 Å². The summed E-state index contributed by atoms with van der Waals surface area (Å²) in [6.45, 7) is 0. The normalized spacial score (nSPS) is 12.6. The fraction of sp³-hybridized carbons (Fsp3) is 0.0143. The van der Waals surface area contributed by atoms with Crippen LogP contribution in [0.4, 0.5) is 0 Å². The Hall–Kier alpha value is -9.97. The number of para-hydroxylation sites is 2. The van der Waals surface area contributed by atoms with Crippen LogP contribution in [-0.2, 0) is 5.41 Å². The van der Waals surface area contributed by atoms with Gasteiger partial charge in [0.05, 0.1) is 33.2 Å². The van der Waals surface area contributed by atoms with Gasteiger partial charge in [0, 0.05) is 38.2 Å². The third-order valence-corrected chi connectivity index (χ3v) is 15.5. The van der Waals surface area contributed by atoms with Crippen molar-refractivity contribution >= 4 is 43.6 Å². The van der Waals surface area contributed by atoms with Gasteiger partial charge in [-0.1, -0.05) is 249 Å². The first-order valence-corrected chi connectivity index (χ1v) is 25.6. The molecule has 3 aromatic heterocycles. The molecule has 5 heteroatoms. The lowest BCUT2D eigenvalue weighted by Crippen LogP contribution is -2.28. The van der Waals surface area contributed by atoms with Crippen molar-refractivity contribution in [2.75, 3.05) is 0 Å². The van der Waals surface area contributed by atoms with Crippen LogP contribution in [0.1, 0.15) is 22.3 Å². The van der Waals surface area contributed by atoms with Crippen LogP contribution < -0.4 is 0 Å². The standard InChI is InChI=1S/C70H45N5/c1-6-22-46(23-7-1)49-38-40-53(47-24-8-2-9-25-47)64(45-49)74-62-36-20-17-33-56(62)58-42-43-59-57-34-18-21-37-63(57)75(66(59)65(58)74)69-72-67(48-26-10-3-11-27-48)71-68(73-69)50-39-41-55-54-32-16-19-35-60(54)70(61(55)44-50,51-28-12-4-13-29-51)52-30-14-5-15-31-52/h1-45H. The van der Waals surface area contributed by atoms with Gasteiger partial charge in [0.2, 0.25) is 5.95 Å². The van der Waals surface area contributed by atoms with E-state index >= 15 is 0 Å². The van der Waals surface area contributed by atoms with E-state index in [1.165, 1.54) is 33.4 Å².